The molecule has 1 amide bonds. The molecule has 0 aliphatic carbocycles. The second kappa shape index (κ2) is 9.36. The van der Waals surface area contributed by atoms with Gasteiger partial charge >= 0.3 is 0 Å². The molecular weight excluding hydrogens is 322 g/mol. The van der Waals surface area contributed by atoms with Crippen LogP contribution in [0.4, 0.5) is 5.69 Å². The Hall–Kier alpha value is -2.96. The van der Waals surface area contributed by atoms with E-state index in [-0.39, 0.29) is 5.91 Å². The maximum atomic E-state index is 11.9. The lowest BCUT2D eigenvalue weighted by molar-refractivity contribution is -0.121. The number of carbonyl (C=O) groups excluding carboxylic acids is 1. The van der Waals surface area contributed by atoms with Crippen LogP contribution >= 0.6 is 0 Å². The number of nitrogens with zero attached hydrogens (tertiary/aromatic N) is 1. The topological polar surface area (TPSA) is 81.7 Å². The van der Waals surface area contributed by atoms with Gasteiger partial charge in [0.2, 0.25) is 11.7 Å². The highest BCUT2D eigenvalue weighted by Crippen LogP contribution is 2.39. The number of methoxy groups -OCH3 is 3. The fourth-order valence-electron chi connectivity index (χ4n) is 2.29. The van der Waals surface area contributed by atoms with Crippen molar-refractivity contribution in [2.75, 3.05) is 33.2 Å². The molecule has 25 heavy (non-hydrogen) atoms. The van der Waals surface area contributed by atoms with Gasteiger partial charge in [-0.15, -0.1) is 0 Å². The second-order valence-corrected chi connectivity index (χ2v) is 5.22. The van der Waals surface area contributed by atoms with Crippen molar-refractivity contribution in [3.63, 3.8) is 0 Å². The molecule has 134 valence electrons. The third-order valence-electron chi connectivity index (χ3n) is 3.58. The summed E-state index contributed by atoms with van der Waals surface area (Å²) in [7, 11) is 4.68. The average Bonchev–Trinajstić information content (AvgIpc) is 2.66. The number of anilines is 1. The molecule has 1 heterocycles. The number of amides is 1. The van der Waals surface area contributed by atoms with Gasteiger partial charge in [-0.2, -0.15) is 0 Å². The molecule has 2 N–H and O–H groups in total. The summed E-state index contributed by atoms with van der Waals surface area (Å²) < 4.78 is 15.9. The van der Waals surface area contributed by atoms with Crippen molar-refractivity contribution in [2.45, 2.75) is 13.0 Å². The van der Waals surface area contributed by atoms with Crippen LogP contribution in [-0.4, -0.2) is 38.8 Å². The molecule has 1 aromatic heterocycles. The van der Waals surface area contributed by atoms with Crippen LogP contribution in [0.1, 0.15) is 12.0 Å². The first-order valence-electron chi connectivity index (χ1n) is 7.87. The molecule has 2 aromatic rings. The van der Waals surface area contributed by atoms with E-state index in [1.165, 1.54) is 0 Å². The molecule has 0 aliphatic heterocycles. The smallest absolute Gasteiger partial charge is 0.222 e. The predicted octanol–water partition coefficient (Wildman–Crippen LogP) is 2.23. The first-order valence-corrected chi connectivity index (χ1v) is 7.87. The minimum atomic E-state index is -0.0308. The molecule has 0 spiro atoms. The summed E-state index contributed by atoms with van der Waals surface area (Å²) in [4.78, 5) is 15.9. The second-order valence-electron chi connectivity index (χ2n) is 5.22. The van der Waals surface area contributed by atoms with Gasteiger partial charge < -0.3 is 24.8 Å². The third kappa shape index (κ3) is 5.27. The van der Waals surface area contributed by atoms with Crippen molar-refractivity contribution in [3.8, 4) is 17.2 Å². The SMILES string of the molecule is COc1cc(NCCC(=O)NCc2ccncc2)cc(OC)c1OC. The highest BCUT2D eigenvalue weighted by molar-refractivity contribution is 5.76. The molecule has 0 unspecified atom stereocenters. The fourth-order valence-corrected chi connectivity index (χ4v) is 2.29. The van der Waals surface area contributed by atoms with E-state index < -0.39 is 0 Å². The third-order valence-corrected chi connectivity index (χ3v) is 3.58. The Kier molecular flexibility index (Phi) is 6.88. The number of hydrogen-bond acceptors (Lipinski definition) is 6. The quantitative estimate of drug-likeness (QED) is 0.725. The number of hydrogen-bond donors (Lipinski definition) is 2. The van der Waals surface area contributed by atoms with Crippen molar-refractivity contribution in [2.24, 2.45) is 0 Å². The molecule has 7 heteroatoms. The summed E-state index contributed by atoms with van der Waals surface area (Å²) in [6.45, 7) is 0.979. The lowest BCUT2D eigenvalue weighted by atomic mass is 10.2. The van der Waals surface area contributed by atoms with E-state index in [1.807, 2.05) is 12.1 Å². The van der Waals surface area contributed by atoms with Gasteiger partial charge in [0, 0.05) is 49.7 Å². The summed E-state index contributed by atoms with van der Waals surface area (Å²) in [5.41, 5.74) is 1.80. The Morgan fingerprint density at radius 1 is 1.04 bits per heavy atom. The van der Waals surface area contributed by atoms with Gasteiger partial charge in [-0.1, -0.05) is 0 Å². The Morgan fingerprint density at radius 2 is 1.68 bits per heavy atom. The van der Waals surface area contributed by atoms with Crippen LogP contribution in [0.3, 0.4) is 0 Å². The Bertz CT molecular complexity index is 667. The molecule has 0 saturated heterocycles. The zero-order valence-electron chi connectivity index (χ0n) is 14.7. The predicted molar refractivity (Wildman–Crippen MR) is 95.3 cm³/mol. The Labute approximate surface area is 147 Å². The van der Waals surface area contributed by atoms with Crippen LogP contribution in [0.25, 0.3) is 0 Å². The molecule has 2 rings (SSSR count). The van der Waals surface area contributed by atoms with Gasteiger partial charge in [0.25, 0.3) is 0 Å². The summed E-state index contributed by atoms with van der Waals surface area (Å²) >= 11 is 0. The van der Waals surface area contributed by atoms with Gasteiger partial charge in [-0.05, 0) is 17.7 Å². The van der Waals surface area contributed by atoms with Crippen LogP contribution in [-0.2, 0) is 11.3 Å². The van der Waals surface area contributed by atoms with Crippen molar-refractivity contribution < 1.29 is 19.0 Å². The number of rotatable bonds is 9. The van der Waals surface area contributed by atoms with E-state index in [9.17, 15) is 4.79 Å². The minimum absolute atomic E-state index is 0.0308. The summed E-state index contributed by atoms with van der Waals surface area (Å²) in [6.07, 6.45) is 3.75. The number of carbonyl (C=O) groups is 1. The zero-order chi connectivity index (χ0) is 18.1. The molecule has 0 bridgehead atoms. The van der Waals surface area contributed by atoms with Crippen LogP contribution in [0, 0.1) is 0 Å². The van der Waals surface area contributed by atoms with Gasteiger partial charge in [-0.3, -0.25) is 9.78 Å². The van der Waals surface area contributed by atoms with Crippen molar-refractivity contribution >= 4 is 11.6 Å². The van der Waals surface area contributed by atoms with Gasteiger partial charge in [0.05, 0.1) is 21.3 Å². The van der Waals surface area contributed by atoms with Crippen molar-refractivity contribution in [1.82, 2.24) is 10.3 Å². The lowest BCUT2D eigenvalue weighted by Crippen LogP contribution is -2.24. The highest BCUT2D eigenvalue weighted by Gasteiger charge is 2.13. The normalized spacial score (nSPS) is 10.0. The lowest BCUT2D eigenvalue weighted by Gasteiger charge is -2.15. The standard InChI is InChI=1S/C18H23N3O4/c1-23-15-10-14(11-16(24-2)18(15)25-3)20-9-6-17(22)21-12-13-4-7-19-8-5-13/h4-5,7-8,10-11,20H,6,9,12H2,1-3H3,(H,21,22). The van der Waals surface area contributed by atoms with Crippen LogP contribution in [0.5, 0.6) is 17.2 Å². The van der Waals surface area contributed by atoms with Crippen LogP contribution in [0.15, 0.2) is 36.7 Å². The van der Waals surface area contributed by atoms with Crippen molar-refractivity contribution in [1.29, 1.82) is 0 Å². The average molecular weight is 345 g/mol. The number of nitrogens with one attached hydrogen (secondary N) is 2. The van der Waals surface area contributed by atoms with E-state index in [0.29, 0.717) is 36.8 Å². The Balaban J connectivity index is 1.85. The largest absolute Gasteiger partial charge is 0.493 e. The number of pyridine rings is 1. The maximum Gasteiger partial charge on any atom is 0.222 e. The monoisotopic (exact) mass is 345 g/mol. The Morgan fingerprint density at radius 3 is 2.24 bits per heavy atom. The molecule has 0 saturated carbocycles. The number of aromatic nitrogens is 1. The minimum Gasteiger partial charge on any atom is -0.493 e. The number of benzene rings is 1. The highest BCUT2D eigenvalue weighted by atomic mass is 16.5. The maximum absolute atomic E-state index is 11.9. The van der Waals surface area contributed by atoms with Crippen LogP contribution < -0.4 is 24.8 Å². The molecule has 0 aliphatic rings. The van der Waals surface area contributed by atoms with E-state index in [1.54, 1.807) is 45.9 Å². The summed E-state index contributed by atoms with van der Waals surface area (Å²) in [5.74, 6) is 1.63. The van der Waals surface area contributed by atoms with E-state index >= 15 is 0 Å². The van der Waals surface area contributed by atoms with E-state index in [2.05, 4.69) is 15.6 Å². The molecule has 7 nitrogen and oxygen atoms in total. The first-order chi connectivity index (χ1) is 12.2. The molecule has 0 atom stereocenters. The van der Waals surface area contributed by atoms with Gasteiger partial charge in [0.1, 0.15) is 0 Å². The fraction of sp³-hybridized carbons (Fsp3) is 0.333. The first kappa shape index (κ1) is 18.4. The van der Waals surface area contributed by atoms with Gasteiger partial charge in [-0.25, -0.2) is 0 Å². The summed E-state index contributed by atoms with van der Waals surface area (Å²) in [6, 6.07) is 7.34. The molecule has 0 radical (unpaired) electrons. The molecule has 1 aromatic carbocycles. The molecular formula is C18H23N3O4. The van der Waals surface area contributed by atoms with E-state index in [4.69, 9.17) is 14.2 Å². The zero-order valence-corrected chi connectivity index (χ0v) is 14.7. The van der Waals surface area contributed by atoms with E-state index in [0.717, 1.165) is 11.3 Å². The molecule has 0 fully saturated rings. The number of ether oxygens (including phenoxy) is 3. The van der Waals surface area contributed by atoms with Crippen LogP contribution in [0.2, 0.25) is 0 Å². The summed E-state index contributed by atoms with van der Waals surface area (Å²) in [5, 5.41) is 6.06. The van der Waals surface area contributed by atoms with Crippen molar-refractivity contribution in [3.05, 3.63) is 42.2 Å². The van der Waals surface area contributed by atoms with Gasteiger partial charge in [0.15, 0.2) is 11.5 Å².